The summed E-state index contributed by atoms with van der Waals surface area (Å²) in [5.41, 5.74) is 2.20. The monoisotopic (exact) mass is 219 g/mol. The molecule has 1 aromatic heterocycles. The third kappa shape index (κ3) is 2.04. The van der Waals surface area contributed by atoms with Crippen LogP contribution < -0.4 is 5.32 Å². The number of aliphatic hydroxyl groups is 1. The second kappa shape index (κ2) is 4.32. The summed E-state index contributed by atoms with van der Waals surface area (Å²) in [6.07, 6.45) is 1.59. The van der Waals surface area contributed by atoms with Gasteiger partial charge in [0.15, 0.2) is 0 Å². The minimum absolute atomic E-state index is 0.0714. The van der Waals surface area contributed by atoms with E-state index in [1.165, 1.54) is 0 Å². The van der Waals surface area contributed by atoms with Crippen molar-refractivity contribution in [1.82, 2.24) is 15.3 Å². The summed E-state index contributed by atoms with van der Waals surface area (Å²) < 4.78 is 0. The molecule has 0 saturated carbocycles. The number of carbonyl (C=O) groups excluding carboxylic acids is 1. The molecule has 3 N–H and O–H groups in total. The molecule has 0 aliphatic rings. The molecule has 84 valence electrons. The van der Waals surface area contributed by atoms with Gasteiger partial charge in [-0.05, 0) is 25.1 Å². The molecule has 1 aromatic carbocycles. The first-order valence-electron chi connectivity index (χ1n) is 5.05. The van der Waals surface area contributed by atoms with Crippen molar-refractivity contribution in [3.63, 3.8) is 0 Å². The second-order valence-electron chi connectivity index (χ2n) is 3.69. The Hall–Kier alpha value is -1.88. The fourth-order valence-corrected chi connectivity index (χ4v) is 1.43. The minimum atomic E-state index is -0.245. The van der Waals surface area contributed by atoms with E-state index in [1.807, 2.05) is 0 Å². The zero-order valence-electron chi connectivity index (χ0n) is 8.90. The molecule has 1 amide bonds. The lowest BCUT2D eigenvalue weighted by atomic mass is 10.2. The van der Waals surface area contributed by atoms with Crippen LogP contribution in [0.1, 0.15) is 17.3 Å². The number of aliphatic hydroxyl groups excluding tert-OH is 1. The zero-order chi connectivity index (χ0) is 11.5. The summed E-state index contributed by atoms with van der Waals surface area (Å²) >= 11 is 0. The van der Waals surface area contributed by atoms with E-state index >= 15 is 0 Å². The van der Waals surface area contributed by atoms with Crippen LogP contribution >= 0.6 is 0 Å². The molecule has 5 heteroatoms. The van der Waals surface area contributed by atoms with Crippen LogP contribution in [0.3, 0.4) is 0 Å². The van der Waals surface area contributed by atoms with Gasteiger partial charge in [-0.15, -0.1) is 0 Å². The van der Waals surface area contributed by atoms with Crippen LogP contribution in [0.4, 0.5) is 0 Å². The summed E-state index contributed by atoms with van der Waals surface area (Å²) in [5.74, 6) is -0.196. The first kappa shape index (κ1) is 10.6. The molecular weight excluding hydrogens is 206 g/mol. The first-order valence-corrected chi connectivity index (χ1v) is 5.05. The molecule has 0 aliphatic heterocycles. The molecular formula is C11H13N3O2. The quantitative estimate of drug-likeness (QED) is 0.710. The van der Waals surface area contributed by atoms with Crippen molar-refractivity contribution in [3.05, 3.63) is 30.1 Å². The standard InChI is InChI=1S/C11H13N3O2/c1-7(5-15)14-11(16)8-2-3-9-10(4-8)13-6-12-9/h2-4,6-7,15H,5H2,1H3,(H,12,13)(H,14,16)/t7-/m0/s1. The number of nitrogens with one attached hydrogen (secondary N) is 2. The van der Waals surface area contributed by atoms with Gasteiger partial charge in [-0.25, -0.2) is 4.98 Å². The zero-order valence-corrected chi connectivity index (χ0v) is 8.90. The molecule has 0 aliphatic carbocycles. The minimum Gasteiger partial charge on any atom is -0.394 e. The van der Waals surface area contributed by atoms with Gasteiger partial charge in [-0.2, -0.15) is 0 Å². The van der Waals surface area contributed by atoms with E-state index in [0.29, 0.717) is 5.56 Å². The number of aromatic nitrogens is 2. The average Bonchev–Trinajstić information content (AvgIpc) is 2.75. The van der Waals surface area contributed by atoms with Crippen LogP contribution in [0.25, 0.3) is 11.0 Å². The van der Waals surface area contributed by atoms with E-state index in [2.05, 4.69) is 15.3 Å². The predicted molar refractivity (Wildman–Crippen MR) is 60.1 cm³/mol. The maximum Gasteiger partial charge on any atom is 0.251 e. The van der Waals surface area contributed by atoms with Crippen LogP contribution in [0.15, 0.2) is 24.5 Å². The number of imidazole rings is 1. The summed E-state index contributed by atoms with van der Waals surface area (Å²) in [7, 11) is 0. The Morgan fingerprint density at radius 3 is 3.19 bits per heavy atom. The molecule has 0 bridgehead atoms. The Labute approximate surface area is 92.5 Å². The molecule has 16 heavy (non-hydrogen) atoms. The van der Waals surface area contributed by atoms with Gasteiger partial charge in [0.25, 0.3) is 5.91 Å². The molecule has 0 saturated heterocycles. The third-order valence-electron chi connectivity index (χ3n) is 2.33. The van der Waals surface area contributed by atoms with Crippen molar-refractivity contribution in [3.8, 4) is 0 Å². The first-order chi connectivity index (χ1) is 7.70. The smallest absolute Gasteiger partial charge is 0.251 e. The van der Waals surface area contributed by atoms with Gasteiger partial charge < -0.3 is 15.4 Å². The van der Waals surface area contributed by atoms with Crippen LogP contribution in [0, 0.1) is 0 Å². The fourth-order valence-electron chi connectivity index (χ4n) is 1.43. The lowest BCUT2D eigenvalue weighted by Crippen LogP contribution is -2.34. The number of hydrogen-bond acceptors (Lipinski definition) is 3. The van der Waals surface area contributed by atoms with Crippen molar-refractivity contribution in [2.75, 3.05) is 6.61 Å². The average molecular weight is 219 g/mol. The van der Waals surface area contributed by atoms with E-state index in [4.69, 9.17) is 5.11 Å². The highest BCUT2D eigenvalue weighted by Crippen LogP contribution is 2.11. The molecule has 1 heterocycles. The summed E-state index contributed by atoms with van der Waals surface area (Å²) in [4.78, 5) is 18.7. The van der Waals surface area contributed by atoms with Gasteiger partial charge in [0.2, 0.25) is 0 Å². The van der Waals surface area contributed by atoms with Crippen molar-refractivity contribution in [2.24, 2.45) is 0 Å². The van der Waals surface area contributed by atoms with Crippen LogP contribution in [0.2, 0.25) is 0 Å². The normalized spacial score (nSPS) is 12.6. The van der Waals surface area contributed by atoms with Crippen LogP contribution in [-0.2, 0) is 0 Å². The van der Waals surface area contributed by atoms with E-state index in [0.717, 1.165) is 11.0 Å². The van der Waals surface area contributed by atoms with Crippen molar-refractivity contribution < 1.29 is 9.90 Å². The lowest BCUT2D eigenvalue weighted by molar-refractivity contribution is 0.0922. The van der Waals surface area contributed by atoms with E-state index in [-0.39, 0.29) is 18.6 Å². The van der Waals surface area contributed by atoms with Gasteiger partial charge in [-0.3, -0.25) is 4.79 Å². The number of amides is 1. The number of aromatic amines is 1. The number of rotatable bonds is 3. The van der Waals surface area contributed by atoms with Crippen molar-refractivity contribution >= 4 is 16.9 Å². The van der Waals surface area contributed by atoms with Crippen LogP contribution in [0.5, 0.6) is 0 Å². The summed E-state index contributed by atoms with van der Waals surface area (Å²) in [5, 5.41) is 11.5. The molecule has 5 nitrogen and oxygen atoms in total. The van der Waals surface area contributed by atoms with Gasteiger partial charge >= 0.3 is 0 Å². The number of H-pyrrole nitrogens is 1. The maximum absolute atomic E-state index is 11.7. The number of benzene rings is 1. The molecule has 0 unspecified atom stereocenters. The number of hydrogen-bond donors (Lipinski definition) is 3. The van der Waals surface area contributed by atoms with Gasteiger partial charge in [0.05, 0.1) is 24.0 Å². The predicted octanol–water partition coefficient (Wildman–Crippen LogP) is 0.674. The van der Waals surface area contributed by atoms with E-state index in [9.17, 15) is 4.79 Å². The van der Waals surface area contributed by atoms with E-state index in [1.54, 1.807) is 31.5 Å². The molecule has 0 radical (unpaired) electrons. The molecule has 2 aromatic rings. The van der Waals surface area contributed by atoms with E-state index < -0.39 is 0 Å². The molecule has 0 spiro atoms. The Balaban J connectivity index is 2.22. The highest BCUT2D eigenvalue weighted by Gasteiger charge is 2.09. The molecule has 1 atom stereocenters. The number of fused-ring (bicyclic) bond motifs is 1. The number of nitrogens with zero attached hydrogens (tertiary/aromatic N) is 1. The highest BCUT2D eigenvalue weighted by atomic mass is 16.3. The third-order valence-corrected chi connectivity index (χ3v) is 2.33. The van der Waals surface area contributed by atoms with Gasteiger partial charge in [-0.1, -0.05) is 0 Å². The van der Waals surface area contributed by atoms with Gasteiger partial charge in [0.1, 0.15) is 0 Å². The molecule has 2 rings (SSSR count). The summed E-state index contributed by atoms with van der Waals surface area (Å²) in [6.45, 7) is 1.67. The van der Waals surface area contributed by atoms with Gasteiger partial charge in [0, 0.05) is 11.6 Å². The Bertz CT molecular complexity index is 507. The maximum atomic E-state index is 11.7. The largest absolute Gasteiger partial charge is 0.394 e. The fraction of sp³-hybridized carbons (Fsp3) is 0.273. The Kier molecular flexibility index (Phi) is 2.87. The topological polar surface area (TPSA) is 78.0 Å². The highest BCUT2D eigenvalue weighted by molar-refractivity contribution is 5.97. The van der Waals surface area contributed by atoms with Crippen molar-refractivity contribution in [1.29, 1.82) is 0 Å². The second-order valence-corrected chi connectivity index (χ2v) is 3.69. The Morgan fingerprint density at radius 1 is 1.62 bits per heavy atom. The lowest BCUT2D eigenvalue weighted by Gasteiger charge is -2.10. The SMILES string of the molecule is C[C@@H](CO)NC(=O)c1ccc2nc[nH]c2c1. The molecule has 0 fully saturated rings. The van der Waals surface area contributed by atoms with Crippen LogP contribution in [-0.4, -0.2) is 33.6 Å². The van der Waals surface area contributed by atoms with Crippen molar-refractivity contribution in [2.45, 2.75) is 13.0 Å². The number of carbonyl (C=O) groups is 1. The summed E-state index contributed by atoms with van der Waals surface area (Å²) in [6, 6.07) is 4.99. The Morgan fingerprint density at radius 2 is 2.44 bits per heavy atom.